The highest BCUT2D eigenvalue weighted by molar-refractivity contribution is 5.53. The van der Waals surface area contributed by atoms with Crippen molar-refractivity contribution in [2.75, 3.05) is 36.9 Å². The maximum Gasteiger partial charge on any atom is 0.0512 e. The number of hydrogen-bond acceptors (Lipinski definition) is 3. The highest BCUT2D eigenvalue weighted by Gasteiger charge is 2.18. The van der Waals surface area contributed by atoms with E-state index in [4.69, 9.17) is 10.5 Å². The Labute approximate surface area is 97.2 Å². The van der Waals surface area contributed by atoms with Gasteiger partial charge in [0.2, 0.25) is 0 Å². The van der Waals surface area contributed by atoms with Gasteiger partial charge in [-0.15, -0.1) is 0 Å². The van der Waals surface area contributed by atoms with Crippen LogP contribution in [0, 0.1) is 5.92 Å². The first-order valence-corrected chi connectivity index (χ1v) is 5.98. The number of nitrogens with zero attached hydrogens (tertiary/aromatic N) is 1. The summed E-state index contributed by atoms with van der Waals surface area (Å²) in [6.07, 6.45) is 1.19. The van der Waals surface area contributed by atoms with Gasteiger partial charge in [-0.05, 0) is 37.6 Å². The largest absolute Gasteiger partial charge is 0.399 e. The normalized spacial score (nSPS) is 19.9. The first kappa shape index (κ1) is 11.3. The molecule has 0 spiro atoms. The molecule has 1 aromatic rings. The fourth-order valence-corrected chi connectivity index (χ4v) is 2.14. The molecule has 0 radical (unpaired) electrons. The number of rotatable bonds is 4. The average Bonchev–Trinajstić information content (AvgIpc) is 2.80. The van der Waals surface area contributed by atoms with Gasteiger partial charge in [0.15, 0.2) is 0 Å². The van der Waals surface area contributed by atoms with E-state index in [1.54, 1.807) is 0 Å². The third-order valence-electron chi connectivity index (χ3n) is 3.14. The molecule has 0 saturated carbocycles. The van der Waals surface area contributed by atoms with E-state index in [9.17, 15) is 0 Å². The molecule has 1 fully saturated rings. The fraction of sp³-hybridized carbons (Fsp3) is 0.538. The zero-order valence-corrected chi connectivity index (χ0v) is 9.86. The summed E-state index contributed by atoms with van der Waals surface area (Å²) in [5, 5.41) is 0. The standard InChI is InChI=1S/C13H20N2O/c1-2-15(9-11-7-8-16-10-11)13-5-3-12(14)4-6-13/h3-6,11H,2,7-10,14H2,1H3. The van der Waals surface area contributed by atoms with E-state index in [0.717, 1.165) is 32.0 Å². The van der Waals surface area contributed by atoms with Crippen molar-refractivity contribution in [2.24, 2.45) is 5.92 Å². The van der Waals surface area contributed by atoms with E-state index in [-0.39, 0.29) is 0 Å². The Kier molecular flexibility index (Phi) is 3.67. The van der Waals surface area contributed by atoms with Crippen LogP contribution in [0.4, 0.5) is 11.4 Å². The molecule has 1 aromatic carbocycles. The summed E-state index contributed by atoms with van der Waals surface area (Å²) >= 11 is 0. The smallest absolute Gasteiger partial charge is 0.0512 e. The van der Waals surface area contributed by atoms with Crippen molar-refractivity contribution < 1.29 is 4.74 Å². The van der Waals surface area contributed by atoms with Gasteiger partial charge >= 0.3 is 0 Å². The molecular weight excluding hydrogens is 200 g/mol. The highest BCUT2D eigenvalue weighted by Crippen LogP contribution is 2.20. The molecule has 3 nitrogen and oxygen atoms in total. The Hall–Kier alpha value is -1.22. The molecular formula is C13H20N2O. The molecule has 16 heavy (non-hydrogen) atoms. The molecule has 0 aliphatic carbocycles. The third kappa shape index (κ3) is 2.67. The van der Waals surface area contributed by atoms with Crippen LogP contribution in [0.2, 0.25) is 0 Å². The Morgan fingerprint density at radius 1 is 1.38 bits per heavy atom. The zero-order valence-electron chi connectivity index (χ0n) is 9.86. The van der Waals surface area contributed by atoms with Crippen molar-refractivity contribution >= 4 is 11.4 Å². The summed E-state index contributed by atoms with van der Waals surface area (Å²) in [4.78, 5) is 2.39. The van der Waals surface area contributed by atoms with Crippen LogP contribution in [0.25, 0.3) is 0 Å². The molecule has 1 aliphatic heterocycles. The topological polar surface area (TPSA) is 38.5 Å². The van der Waals surface area contributed by atoms with E-state index in [2.05, 4.69) is 24.0 Å². The lowest BCUT2D eigenvalue weighted by Gasteiger charge is -2.25. The summed E-state index contributed by atoms with van der Waals surface area (Å²) in [7, 11) is 0. The second kappa shape index (κ2) is 5.21. The van der Waals surface area contributed by atoms with Gasteiger partial charge in [-0.3, -0.25) is 0 Å². The second-order valence-electron chi connectivity index (χ2n) is 4.36. The fourth-order valence-electron chi connectivity index (χ4n) is 2.14. The van der Waals surface area contributed by atoms with Gasteiger partial charge in [0.05, 0.1) is 6.61 Å². The maximum absolute atomic E-state index is 5.69. The van der Waals surface area contributed by atoms with Crippen molar-refractivity contribution in [3.8, 4) is 0 Å². The van der Waals surface area contributed by atoms with Crippen molar-refractivity contribution in [1.82, 2.24) is 0 Å². The number of anilines is 2. The van der Waals surface area contributed by atoms with Crippen molar-refractivity contribution in [3.63, 3.8) is 0 Å². The predicted octanol–water partition coefficient (Wildman–Crippen LogP) is 2.13. The zero-order chi connectivity index (χ0) is 11.4. The van der Waals surface area contributed by atoms with Crippen LogP contribution < -0.4 is 10.6 Å². The molecule has 1 saturated heterocycles. The highest BCUT2D eigenvalue weighted by atomic mass is 16.5. The molecule has 0 aromatic heterocycles. The lowest BCUT2D eigenvalue weighted by Crippen LogP contribution is -2.29. The van der Waals surface area contributed by atoms with Gasteiger partial charge in [-0.25, -0.2) is 0 Å². The lowest BCUT2D eigenvalue weighted by atomic mass is 10.1. The van der Waals surface area contributed by atoms with E-state index in [1.165, 1.54) is 12.1 Å². The van der Waals surface area contributed by atoms with E-state index in [1.807, 2.05) is 12.1 Å². The average molecular weight is 220 g/mol. The monoisotopic (exact) mass is 220 g/mol. The molecule has 2 rings (SSSR count). The summed E-state index contributed by atoms with van der Waals surface area (Å²) in [6.45, 7) is 6.13. The molecule has 1 atom stereocenters. The molecule has 1 unspecified atom stereocenters. The number of nitrogens with two attached hydrogens (primary N) is 1. The number of hydrogen-bond donors (Lipinski definition) is 1. The molecule has 1 heterocycles. The van der Waals surface area contributed by atoms with E-state index in [0.29, 0.717) is 5.92 Å². The summed E-state index contributed by atoms with van der Waals surface area (Å²) < 4.78 is 5.41. The summed E-state index contributed by atoms with van der Waals surface area (Å²) in [5.74, 6) is 0.678. The van der Waals surface area contributed by atoms with Gasteiger partial charge in [-0.1, -0.05) is 0 Å². The van der Waals surface area contributed by atoms with Crippen LogP contribution in [0.5, 0.6) is 0 Å². The predicted molar refractivity (Wildman–Crippen MR) is 67.7 cm³/mol. The van der Waals surface area contributed by atoms with E-state index >= 15 is 0 Å². The van der Waals surface area contributed by atoms with Crippen molar-refractivity contribution in [2.45, 2.75) is 13.3 Å². The van der Waals surface area contributed by atoms with Crippen LogP contribution >= 0.6 is 0 Å². The maximum atomic E-state index is 5.69. The lowest BCUT2D eigenvalue weighted by molar-refractivity contribution is 0.186. The van der Waals surface area contributed by atoms with Gasteiger partial charge in [0, 0.05) is 37.0 Å². The molecule has 1 aliphatic rings. The molecule has 88 valence electrons. The number of ether oxygens (including phenoxy) is 1. The summed E-state index contributed by atoms with van der Waals surface area (Å²) in [5.41, 5.74) is 7.77. The van der Waals surface area contributed by atoms with Crippen molar-refractivity contribution in [3.05, 3.63) is 24.3 Å². The van der Waals surface area contributed by atoms with Crippen LogP contribution in [0.1, 0.15) is 13.3 Å². The Morgan fingerprint density at radius 3 is 2.69 bits per heavy atom. The van der Waals surface area contributed by atoms with Gasteiger partial charge < -0.3 is 15.4 Å². The molecule has 3 heteroatoms. The SMILES string of the molecule is CCN(CC1CCOC1)c1ccc(N)cc1. The van der Waals surface area contributed by atoms with Crippen LogP contribution in [0.15, 0.2) is 24.3 Å². The molecule has 2 N–H and O–H groups in total. The number of benzene rings is 1. The van der Waals surface area contributed by atoms with Gasteiger partial charge in [-0.2, -0.15) is 0 Å². The van der Waals surface area contributed by atoms with Crippen LogP contribution in [0.3, 0.4) is 0 Å². The quantitative estimate of drug-likeness (QED) is 0.790. The van der Waals surface area contributed by atoms with Crippen molar-refractivity contribution in [1.29, 1.82) is 0 Å². The van der Waals surface area contributed by atoms with E-state index < -0.39 is 0 Å². The minimum Gasteiger partial charge on any atom is -0.399 e. The van der Waals surface area contributed by atoms with Gasteiger partial charge in [0.25, 0.3) is 0 Å². The second-order valence-corrected chi connectivity index (χ2v) is 4.36. The van der Waals surface area contributed by atoms with Crippen LogP contribution in [-0.2, 0) is 4.74 Å². The Bertz CT molecular complexity index is 317. The first-order chi connectivity index (χ1) is 7.79. The molecule has 0 bridgehead atoms. The minimum atomic E-state index is 0.678. The molecule has 0 amide bonds. The minimum absolute atomic E-state index is 0.678. The van der Waals surface area contributed by atoms with Gasteiger partial charge in [0.1, 0.15) is 0 Å². The Balaban J connectivity index is 2.00. The first-order valence-electron chi connectivity index (χ1n) is 5.98. The number of nitrogen functional groups attached to an aromatic ring is 1. The Morgan fingerprint density at radius 2 is 2.12 bits per heavy atom. The third-order valence-corrected chi connectivity index (χ3v) is 3.14. The van der Waals surface area contributed by atoms with Crippen LogP contribution in [-0.4, -0.2) is 26.3 Å². The summed E-state index contributed by atoms with van der Waals surface area (Å²) in [6, 6.07) is 8.11.